The van der Waals surface area contributed by atoms with Gasteiger partial charge in [0, 0.05) is 45.2 Å². The zero-order chi connectivity index (χ0) is 22.7. The van der Waals surface area contributed by atoms with Crippen molar-refractivity contribution < 1.29 is 17.9 Å². The number of sulfonamides is 1. The number of hydrogen-bond donors (Lipinski definition) is 1. The van der Waals surface area contributed by atoms with Crippen molar-refractivity contribution >= 4 is 26.7 Å². The maximum absolute atomic E-state index is 13.1. The second-order valence-corrected chi connectivity index (χ2v) is 10.9. The van der Waals surface area contributed by atoms with E-state index in [1.54, 1.807) is 12.1 Å². The molecule has 2 aliphatic rings. The molecule has 4 rings (SSSR count). The van der Waals surface area contributed by atoms with Gasteiger partial charge in [-0.25, -0.2) is 8.42 Å². The third kappa shape index (κ3) is 5.31. The van der Waals surface area contributed by atoms with Crippen molar-refractivity contribution in [3.63, 3.8) is 0 Å². The van der Waals surface area contributed by atoms with E-state index >= 15 is 0 Å². The van der Waals surface area contributed by atoms with Crippen LogP contribution in [0.5, 0.6) is 0 Å². The van der Waals surface area contributed by atoms with Gasteiger partial charge in [-0.15, -0.1) is 0 Å². The first-order chi connectivity index (χ1) is 15.3. The maximum atomic E-state index is 13.1. The molecule has 8 heteroatoms. The van der Waals surface area contributed by atoms with Gasteiger partial charge in [0.2, 0.25) is 15.9 Å². The number of nitrogens with one attached hydrogen (secondary N) is 1. The zero-order valence-corrected chi connectivity index (χ0v) is 19.7. The topological polar surface area (TPSA) is 79.0 Å². The van der Waals surface area contributed by atoms with Gasteiger partial charge in [-0.2, -0.15) is 4.31 Å². The smallest absolute Gasteiger partial charge is 0.243 e. The molecule has 0 aliphatic carbocycles. The van der Waals surface area contributed by atoms with Gasteiger partial charge in [-0.3, -0.25) is 9.69 Å². The Morgan fingerprint density at radius 1 is 1.03 bits per heavy atom. The monoisotopic (exact) mass is 459 g/mol. The van der Waals surface area contributed by atoms with E-state index in [-0.39, 0.29) is 24.0 Å². The number of carbonyl (C=O) groups is 1. The lowest BCUT2D eigenvalue weighted by atomic mass is 9.97. The summed E-state index contributed by atoms with van der Waals surface area (Å²) < 4.78 is 33.5. The molecule has 2 saturated heterocycles. The minimum absolute atomic E-state index is 0.0297. The van der Waals surface area contributed by atoms with Crippen molar-refractivity contribution in [3.8, 4) is 0 Å². The summed E-state index contributed by atoms with van der Waals surface area (Å²) >= 11 is 0. The molecule has 2 unspecified atom stereocenters. The van der Waals surface area contributed by atoms with E-state index in [4.69, 9.17) is 4.74 Å². The van der Waals surface area contributed by atoms with Crippen molar-refractivity contribution in [1.82, 2.24) is 14.5 Å². The van der Waals surface area contributed by atoms with Crippen LogP contribution in [0, 0.1) is 5.92 Å². The fourth-order valence-electron chi connectivity index (χ4n) is 4.78. The first-order valence-corrected chi connectivity index (χ1v) is 12.9. The Balaban J connectivity index is 1.27. The van der Waals surface area contributed by atoms with E-state index in [1.807, 2.05) is 30.3 Å². The summed E-state index contributed by atoms with van der Waals surface area (Å²) in [7, 11) is -3.56. The SMILES string of the molecule is CC1CN(CCNC(=O)C2CCN(S(=O)(=O)c3ccc4ccccc4c3)CC2)CC(C)O1. The summed E-state index contributed by atoms with van der Waals surface area (Å²) in [6, 6.07) is 13.0. The molecule has 0 spiro atoms. The first-order valence-electron chi connectivity index (χ1n) is 11.5. The Morgan fingerprint density at radius 2 is 1.69 bits per heavy atom. The number of nitrogens with zero attached hydrogens (tertiary/aromatic N) is 2. The van der Waals surface area contributed by atoms with Crippen LogP contribution in [0.2, 0.25) is 0 Å². The van der Waals surface area contributed by atoms with Gasteiger partial charge in [0.25, 0.3) is 0 Å². The Kier molecular flexibility index (Phi) is 7.14. The molecule has 32 heavy (non-hydrogen) atoms. The highest BCUT2D eigenvalue weighted by Crippen LogP contribution is 2.26. The number of hydrogen-bond acceptors (Lipinski definition) is 5. The Labute approximate surface area is 190 Å². The number of benzene rings is 2. The van der Waals surface area contributed by atoms with Crippen LogP contribution in [0.1, 0.15) is 26.7 Å². The van der Waals surface area contributed by atoms with Crippen LogP contribution in [-0.2, 0) is 19.6 Å². The van der Waals surface area contributed by atoms with Gasteiger partial charge < -0.3 is 10.1 Å². The molecule has 2 aromatic rings. The van der Waals surface area contributed by atoms with Crippen LogP contribution in [0.15, 0.2) is 47.4 Å². The number of morpholine rings is 1. The fraction of sp³-hybridized carbons (Fsp3) is 0.542. The highest BCUT2D eigenvalue weighted by atomic mass is 32.2. The van der Waals surface area contributed by atoms with Crippen LogP contribution in [-0.4, -0.2) is 75.0 Å². The highest BCUT2D eigenvalue weighted by molar-refractivity contribution is 7.89. The lowest BCUT2D eigenvalue weighted by Crippen LogP contribution is -2.48. The lowest BCUT2D eigenvalue weighted by molar-refractivity contribution is -0.126. The number of rotatable bonds is 6. The molecular weight excluding hydrogens is 426 g/mol. The van der Waals surface area contributed by atoms with E-state index in [9.17, 15) is 13.2 Å². The van der Waals surface area contributed by atoms with Gasteiger partial charge >= 0.3 is 0 Å². The predicted octanol–water partition coefficient (Wildman–Crippen LogP) is 2.47. The minimum atomic E-state index is -3.56. The van der Waals surface area contributed by atoms with Gasteiger partial charge in [-0.1, -0.05) is 30.3 Å². The zero-order valence-electron chi connectivity index (χ0n) is 18.9. The van der Waals surface area contributed by atoms with E-state index in [0.717, 1.165) is 30.4 Å². The summed E-state index contributed by atoms with van der Waals surface area (Å²) in [5, 5.41) is 4.97. The normalized spacial score (nSPS) is 23.9. The number of piperidine rings is 1. The van der Waals surface area contributed by atoms with E-state index in [1.165, 1.54) is 4.31 Å². The predicted molar refractivity (Wildman–Crippen MR) is 125 cm³/mol. The van der Waals surface area contributed by atoms with E-state index in [0.29, 0.717) is 37.4 Å². The molecule has 2 atom stereocenters. The van der Waals surface area contributed by atoms with Crippen LogP contribution in [0.3, 0.4) is 0 Å². The lowest BCUT2D eigenvalue weighted by Gasteiger charge is -2.35. The van der Waals surface area contributed by atoms with Crippen LogP contribution in [0.4, 0.5) is 0 Å². The highest BCUT2D eigenvalue weighted by Gasteiger charge is 2.32. The number of carbonyl (C=O) groups excluding carboxylic acids is 1. The van der Waals surface area contributed by atoms with Crippen molar-refractivity contribution in [2.24, 2.45) is 5.92 Å². The Morgan fingerprint density at radius 3 is 2.38 bits per heavy atom. The van der Waals surface area contributed by atoms with Crippen LogP contribution < -0.4 is 5.32 Å². The second kappa shape index (κ2) is 9.87. The van der Waals surface area contributed by atoms with Crippen molar-refractivity contribution in [2.45, 2.75) is 43.8 Å². The molecule has 2 fully saturated rings. The fourth-order valence-corrected chi connectivity index (χ4v) is 6.29. The molecule has 0 saturated carbocycles. The van der Waals surface area contributed by atoms with Gasteiger partial charge in [0.15, 0.2) is 0 Å². The quantitative estimate of drug-likeness (QED) is 0.718. The number of ether oxygens (including phenoxy) is 1. The van der Waals surface area contributed by atoms with Gasteiger partial charge in [0.1, 0.15) is 0 Å². The largest absolute Gasteiger partial charge is 0.373 e. The number of fused-ring (bicyclic) bond motifs is 1. The van der Waals surface area contributed by atoms with Crippen LogP contribution >= 0.6 is 0 Å². The third-order valence-corrected chi connectivity index (χ3v) is 8.30. The van der Waals surface area contributed by atoms with E-state index < -0.39 is 10.0 Å². The molecule has 2 aliphatic heterocycles. The second-order valence-electron chi connectivity index (χ2n) is 9.00. The third-order valence-electron chi connectivity index (χ3n) is 6.41. The standard InChI is InChI=1S/C24H33N3O4S/c1-18-16-26(17-19(2)31-18)14-11-25-24(28)21-9-12-27(13-10-21)32(29,30)23-8-7-20-5-3-4-6-22(20)15-23/h3-8,15,18-19,21H,9-14,16-17H2,1-2H3,(H,25,28). The molecular formula is C24H33N3O4S. The summed E-state index contributed by atoms with van der Waals surface area (Å²) in [6.07, 6.45) is 1.51. The van der Waals surface area contributed by atoms with Crippen molar-refractivity contribution in [3.05, 3.63) is 42.5 Å². The molecule has 0 radical (unpaired) electrons. The maximum Gasteiger partial charge on any atom is 0.243 e. The summed E-state index contributed by atoms with van der Waals surface area (Å²) in [6.45, 7) is 8.04. The van der Waals surface area contributed by atoms with Crippen molar-refractivity contribution in [1.29, 1.82) is 0 Å². The molecule has 0 bridgehead atoms. The Hall–Kier alpha value is -2.00. The Bertz CT molecular complexity index is 1040. The average molecular weight is 460 g/mol. The van der Waals surface area contributed by atoms with Gasteiger partial charge in [-0.05, 0) is 49.6 Å². The number of amides is 1. The molecule has 1 amide bonds. The molecule has 0 aromatic heterocycles. The van der Waals surface area contributed by atoms with E-state index in [2.05, 4.69) is 24.1 Å². The molecule has 7 nitrogen and oxygen atoms in total. The minimum Gasteiger partial charge on any atom is -0.373 e. The summed E-state index contributed by atoms with van der Waals surface area (Å²) in [4.78, 5) is 15.2. The first kappa shape index (κ1) is 23.2. The molecule has 2 heterocycles. The molecule has 174 valence electrons. The summed E-state index contributed by atoms with van der Waals surface area (Å²) in [5.41, 5.74) is 0. The average Bonchev–Trinajstić information content (AvgIpc) is 2.78. The van der Waals surface area contributed by atoms with Crippen molar-refractivity contribution in [2.75, 3.05) is 39.3 Å². The molecule has 2 aromatic carbocycles. The van der Waals surface area contributed by atoms with Gasteiger partial charge in [0.05, 0.1) is 17.1 Å². The van der Waals surface area contributed by atoms with Crippen LogP contribution in [0.25, 0.3) is 10.8 Å². The molecule has 1 N–H and O–H groups in total. The summed E-state index contributed by atoms with van der Waals surface area (Å²) in [5.74, 6) is -0.109.